The van der Waals surface area contributed by atoms with E-state index in [1.807, 2.05) is 29.4 Å². The van der Waals surface area contributed by atoms with Gasteiger partial charge in [-0.1, -0.05) is 6.07 Å². The van der Waals surface area contributed by atoms with E-state index in [1.54, 1.807) is 18.3 Å². The Hall–Kier alpha value is -3.22. The van der Waals surface area contributed by atoms with Crippen molar-refractivity contribution in [1.82, 2.24) is 19.9 Å². The molecule has 4 rings (SSSR count). The fourth-order valence-corrected chi connectivity index (χ4v) is 3.69. The summed E-state index contributed by atoms with van der Waals surface area (Å²) in [6, 6.07) is 7.65. The number of likely N-dealkylation sites (tertiary alicyclic amines) is 1. The topological polar surface area (TPSA) is 84.2 Å². The summed E-state index contributed by atoms with van der Waals surface area (Å²) in [5.41, 5.74) is 3.03. The minimum atomic E-state index is -0.0502. The Kier molecular flexibility index (Phi) is 5.55. The van der Waals surface area contributed by atoms with E-state index >= 15 is 0 Å². The van der Waals surface area contributed by atoms with Crippen LogP contribution in [0, 0.1) is 0 Å². The minimum absolute atomic E-state index is 0.0502. The molecule has 0 aliphatic carbocycles. The predicted octanol–water partition coefficient (Wildman–Crippen LogP) is 3.97. The summed E-state index contributed by atoms with van der Waals surface area (Å²) in [7, 11) is 0. The maximum atomic E-state index is 12.6. The third kappa shape index (κ3) is 4.29. The van der Waals surface area contributed by atoms with Crippen LogP contribution in [0.2, 0.25) is 0 Å². The summed E-state index contributed by atoms with van der Waals surface area (Å²) in [4.78, 5) is 28.0. The van der Waals surface area contributed by atoms with Crippen LogP contribution in [-0.4, -0.2) is 44.9 Å². The van der Waals surface area contributed by atoms with Crippen LogP contribution in [0.25, 0.3) is 11.1 Å². The molecule has 3 aromatic rings. The summed E-state index contributed by atoms with van der Waals surface area (Å²) in [5, 5.41) is 3.29. The predicted molar refractivity (Wildman–Crippen MR) is 111 cm³/mol. The molecule has 1 fully saturated rings. The maximum Gasteiger partial charge on any atom is 0.289 e. The molecule has 0 aromatic carbocycles. The number of pyridine rings is 1. The Morgan fingerprint density at radius 1 is 1.21 bits per heavy atom. The molecule has 1 amide bonds. The van der Waals surface area contributed by atoms with Crippen molar-refractivity contribution in [2.75, 3.05) is 18.4 Å². The van der Waals surface area contributed by atoms with Gasteiger partial charge in [-0.25, -0.2) is 9.97 Å². The summed E-state index contributed by atoms with van der Waals surface area (Å²) in [6.45, 7) is 5.48. The lowest BCUT2D eigenvalue weighted by Crippen LogP contribution is -2.38. The lowest BCUT2D eigenvalue weighted by atomic mass is 9.89. The number of nitrogens with one attached hydrogen (secondary N) is 1. The van der Waals surface area contributed by atoms with E-state index in [-0.39, 0.29) is 17.9 Å². The number of anilines is 1. The van der Waals surface area contributed by atoms with Crippen molar-refractivity contribution in [2.45, 2.75) is 38.6 Å². The zero-order valence-corrected chi connectivity index (χ0v) is 16.7. The second kappa shape index (κ2) is 8.43. The molecule has 3 aromatic heterocycles. The third-order valence-electron chi connectivity index (χ3n) is 5.11. The number of hydrogen-bond acceptors (Lipinski definition) is 6. The largest absolute Gasteiger partial charge is 0.459 e. The zero-order valence-electron chi connectivity index (χ0n) is 16.7. The summed E-state index contributed by atoms with van der Waals surface area (Å²) < 4.78 is 5.26. The Morgan fingerprint density at radius 2 is 2.03 bits per heavy atom. The van der Waals surface area contributed by atoms with Crippen LogP contribution >= 0.6 is 0 Å². The number of aromatic nitrogens is 3. The standard InChI is InChI=1S/C22H25N5O2/c1-15(2)25-22-24-14-18(17-5-3-9-23-13-17)20(26-22)16-7-10-27(11-8-16)21(28)19-6-4-12-29-19/h3-6,9,12-16H,7-8,10-11H2,1-2H3,(H,24,25,26). The number of nitrogens with zero attached hydrogens (tertiary/aromatic N) is 4. The van der Waals surface area contributed by atoms with E-state index in [0.29, 0.717) is 24.8 Å². The second-order valence-electron chi connectivity index (χ2n) is 7.58. The highest BCUT2D eigenvalue weighted by molar-refractivity contribution is 5.91. The van der Waals surface area contributed by atoms with Gasteiger partial charge in [-0.15, -0.1) is 0 Å². The van der Waals surface area contributed by atoms with E-state index < -0.39 is 0 Å². The van der Waals surface area contributed by atoms with E-state index in [0.717, 1.165) is 29.7 Å². The van der Waals surface area contributed by atoms with Gasteiger partial charge in [-0.3, -0.25) is 9.78 Å². The van der Waals surface area contributed by atoms with E-state index in [4.69, 9.17) is 9.40 Å². The molecule has 7 heteroatoms. The SMILES string of the molecule is CC(C)Nc1ncc(-c2cccnc2)c(C2CCN(C(=O)c3ccco3)CC2)n1. The Balaban J connectivity index is 1.57. The van der Waals surface area contributed by atoms with Crippen LogP contribution in [0.1, 0.15) is 48.9 Å². The number of piperidine rings is 1. The van der Waals surface area contributed by atoms with Crippen molar-refractivity contribution in [1.29, 1.82) is 0 Å². The van der Waals surface area contributed by atoms with Crippen molar-refractivity contribution >= 4 is 11.9 Å². The van der Waals surface area contributed by atoms with E-state index in [2.05, 4.69) is 29.1 Å². The number of carbonyl (C=O) groups excluding carboxylic acids is 1. The monoisotopic (exact) mass is 391 g/mol. The fourth-order valence-electron chi connectivity index (χ4n) is 3.69. The van der Waals surface area contributed by atoms with Gasteiger partial charge in [0.2, 0.25) is 5.95 Å². The van der Waals surface area contributed by atoms with E-state index in [9.17, 15) is 4.79 Å². The Bertz CT molecular complexity index is 949. The summed E-state index contributed by atoms with van der Waals surface area (Å²) in [5.74, 6) is 1.23. The lowest BCUT2D eigenvalue weighted by Gasteiger charge is -2.32. The van der Waals surface area contributed by atoms with Crippen LogP contribution in [0.5, 0.6) is 0 Å². The second-order valence-corrected chi connectivity index (χ2v) is 7.58. The lowest BCUT2D eigenvalue weighted by molar-refractivity contribution is 0.0680. The van der Waals surface area contributed by atoms with Gasteiger partial charge >= 0.3 is 0 Å². The van der Waals surface area contributed by atoms with Crippen LogP contribution < -0.4 is 5.32 Å². The molecule has 1 aliphatic heterocycles. The third-order valence-corrected chi connectivity index (χ3v) is 5.11. The number of furan rings is 1. The van der Waals surface area contributed by atoms with Gasteiger partial charge in [0.25, 0.3) is 5.91 Å². The van der Waals surface area contributed by atoms with Gasteiger partial charge in [0.15, 0.2) is 5.76 Å². The zero-order chi connectivity index (χ0) is 20.2. The van der Waals surface area contributed by atoms with Gasteiger partial charge in [-0.2, -0.15) is 0 Å². The molecule has 1 saturated heterocycles. The van der Waals surface area contributed by atoms with Crippen molar-refractivity contribution in [3.63, 3.8) is 0 Å². The smallest absolute Gasteiger partial charge is 0.289 e. The Labute approximate surface area is 170 Å². The Morgan fingerprint density at radius 3 is 2.69 bits per heavy atom. The van der Waals surface area contributed by atoms with Gasteiger partial charge < -0.3 is 14.6 Å². The highest BCUT2D eigenvalue weighted by Crippen LogP contribution is 2.34. The number of carbonyl (C=O) groups is 1. The number of rotatable bonds is 5. The first-order valence-corrected chi connectivity index (χ1v) is 9.98. The van der Waals surface area contributed by atoms with Gasteiger partial charge in [0.1, 0.15) is 0 Å². The molecule has 0 atom stereocenters. The normalized spacial score (nSPS) is 14.9. The number of hydrogen-bond donors (Lipinski definition) is 1. The molecular formula is C22H25N5O2. The first kappa shape index (κ1) is 19.1. The molecule has 29 heavy (non-hydrogen) atoms. The number of amides is 1. The minimum Gasteiger partial charge on any atom is -0.459 e. The molecule has 1 aliphatic rings. The molecule has 4 heterocycles. The van der Waals surface area contributed by atoms with Crippen LogP contribution in [0.15, 0.2) is 53.5 Å². The van der Waals surface area contributed by atoms with E-state index in [1.165, 1.54) is 6.26 Å². The summed E-state index contributed by atoms with van der Waals surface area (Å²) >= 11 is 0. The van der Waals surface area contributed by atoms with Crippen molar-refractivity contribution in [3.05, 3.63) is 60.6 Å². The van der Waals surface area contributed by atoms with Gasteiger partial charge in [0.05, 0.1) is 12.0 Å². The molecule has 0 spiro atoms. The molecular weight excluding hydrogens is 366 g/mol. The van der Waals surface area contributed by atoms with Crippen LogP contribution in [-0.2, 0) is 0 Å². The van der Waals surface area contributed by atoms with Gasteiger partial charge in [0, 0.05) is 54.8 Å². The van der Waals surface area contributed by atoms with Crippen LogP contribution in [0.3, 0.4) is 0 Å². The molecule has 0 bridgehead atoms. The quantitative estimate of drug-likeness (QED) is 0.708. The van der Waals surface area contributed by atoms with Crippen LogP contribution in [0.4, 0.5) is 5.95 Å². The first-order valence-electron chi connectivity index (χ1n) is 9.98. The molecule has 7 nitrogen and oxygen atoms in total. The van der Waals surface area contributed by atoms with Crippen molar-refractivity contribution in [3.8, 4) is 11.1 Å². The van der Waals surface area contributed by atoms with Crippen molar-refractivity contribution in [2.24, 2.45) is 0 Å². The average molecular weight is 391 g/mol. The van der Waals surface area contributed by atoms with Crippen molar-refractivity contribution < 1.29 is 9.21 Å². The highest BCUT2D eigenvalue weighted by Gasteiger charge is 2.28. The molecule has 1 N–H and O–H groups in total. The first-order chi connectivity index (χ1) is 14.1. The molecule has 0 saturated carbocycles. The van der Waals surface area contributed by atoms with Gasteiger partial charge in [-0.05, 0) is 44.9 Å². The molecule has 0 radical (unpaired) electrons. The molecule has 150 valence electrons. The molecule has 0 unspecified atom stereocenters. The fraction of sp³-hybridized carbons (Fsp3) is 0.364. The maximum absolute atomic E-state index is 12.6. The highest BCUT2D eigenvalue weighted by atomic mass is 16.3. The summed E-state index contributed by atoms with van der Waals surface area (Å²) in [6.07, 6.45) is 8.70. The average Bonchev–Trinajstić information content (AvgIpc) is 3.28.